The Labute approximate surface area is 199 Å². The zero-order valence-corrected chi connectivity index (χ0v) is 20.4. The van der Waals surface area contributed by atoms with Crippen LogP contribution < -0.4 is 10.2 Å². The quantitative estimate of drug-likeness (QED) is 0.703. The van der Waals surface area contributed by atoms with E-state index in [1.165, 1.54) is 11.2 Å². The molecule has 0 radical (unpaired) electrons. The maximum Gasteiger partial charge on any atom is 0.243 e. The summed E-state index contributed by atoms with van der Waals surface area (Å²) >= 11 is 6.22. The number of aryl methyl sites for hydroxylation is 2. The van der Waals surface area contributed by atoms with Crippen LogP contribution in [0.3, 0.4) is 0 Å². The van der Waals surface area contributed by atoms with Gasteiger partial charge in [-0.1, -0.05) is 17.7 Å². The number of halogens is 1. The van der Waals surface area contributed by atoms with Crippen molar-refractivity contribution in [2.75, 3.05) is 29.9 Å². The molecule has 33 heavy (non-hydrogen) atoms. The summed E-state index contributed by atoms with van der Waals surface area (Å²) in [5.74, 6) is -0.462. The second-order valence-corrected chi connectivity index (χ2v) is 11.1. The molecule has 0 atom stereocenters. The molecule has 0 spiro atoms. The Balaban J connectivity index is 1.43. The van der Waals surface area contributed by atoms with Crippen molar-refractivity contribution in [3.63, 3.8) is 0 Å². The molecule has 4 rings (SSSR count). The average Bonchev–Trinajstić information content (AvgIpc) is 2.80. The first-order valence-corrected chi connectivity index (χ1v) is 13.0. The van der Waals surface area contributed by atoms with Gasteiger partial charge in [-0.05, 0) is 74.1 Å². The van der Waals surface area contributed by atoms with Gasteiger partial charge in [0, 0.05) is 38.2 Å². The van der Waals surface area contributed by atoms with Gasteiger partial charge in [-0.25, -0.2) is 8.42 Å². The number of hydrogen-bond donors (Lipinski definition) is 1. The third-order valence-corrected chi connectivity index (χ3v) is 8.60. The third kappa shape index (κ3) is 4.93. The number of carbonyl (C=O) groups is 2. The molecule has 0 aromatic heterocycles. The standard InChI is InChI=1S/C24H28ClN3O4S/c1-16-5-7-22(21(25)14-16)26-24(30)18-9-12-27(13-10-18)33(31,32)20-6-8-23-19(15-20)4-3-11-28(23)17(2)29/h5-8,14-15,18H,3-4,9-13H2,1-2H3,(H,26,30). The van der Waals surface area contributed by atoms with Crippen molar-refractivity contribution in [3.8, 4) is 0 Å². The second-order valence-electron chi connectivity index (χ2n) is 8.72. The Morgan fingerprint density at radius 3 is 2.45 bits per heavy atom. The largest absolute Gasteiger partial charge is 0.325 e. The number of hydrogen-bond acceptors (Lipinski definition) is 4. The van der Waals surface area contributed by atoms with E-state index in [4.69, 9.17) is 11.6 Å². The van der Waals surface area contributed by atoms with E-state index < -0.39 is 10.0 Å². The van der Waals surface area contributed by atoms with Crippen LogP contribution in [-0.2, 0) is 26.0 Å². The average molecular weight is 490 g/mol. The Morgan fingerprint density at radius 1 is 1.06 bits per heavy atom. The number of nitrogens with one attached hydrogen (secondary N) is 1. The molecular formula is C24H28ClN3O4S. The van der Waals surface area contributed by atoms with Gasteiger partial charge >= 0.3 is 0 Å². The summed E-state index contributed by atoms with van der Waals surface area (Å²) in [6, 6.07) is 10.4. The van der Waals surface area contributed by atoms with Crippen molar-refractivity contribution < 1.29 is 18.0 Å². The summed E-state index contributed by atoms with van der Waals surface area (Å²) in [6.45, 7) is 4.65. The zero-order chi connectivity index (χ0) is 23.8. The van der Waals surface area contributed by atoms with E-state index >= 15 is 0 Å². The lowest BCUT2D eigenvalue weighted by atomic mass is 9.97. The number of fused-ring (bicyclic) bond motifs is 1. The smallest absolute Gasteiger partial charge is 0.243 e. The zero-order valence-electron chi connectivity index (χ0n) is 18.8. The van der Waals surface area contributed by atoms with Crippen molar-refractivity contribution in [2.45, 2.75) is 44.4 Å². The summed E-state index contributed by atoms with van der Waals surface area (Å²) in [5.41, 5.74) is 3.24. The summed E-state index contributed by atoms with van der Waals surface area (Å²) in [5, 5.41) is 3.35. The van der Waals surface area contributed by atoms with Crippen LogP contribution in [0, 0.1) is 12.8 Å². The number of amides is 2. The van der Waals surface area contributed by atoms with Gasteiger partial charge in [0.2, 0.25) is 21.8 Å². The molecule has 0 unspecified atom stereocenters. The highest BCUT2D eigenvalue weighted by molar-refractivity contribution is 7.89. The molecule has 2 aliphatic heterocycles. The van der Waals surface area contributed by atoms with E-state index in [0.717, 1.165) is 29.7 Å². The maximum atomic E-state index is 13.3. The van der Waals surface area contributed by atoms with Crippen molar-refractivity contribution >= 4 is 44.8 Å². The predicted molar refractivity (Wildman–Crippen MR) is 129 cm³/mol. The highest BCUT2D eigenvalue weighted by Crippen LogP contribution is 2.32. The lowest BCUT2D eigenvalue weighted by Crippen LogP contribution is -2.41. The first kappa shape index (κ1) is 23.7. The minimum Gasteiger partial charge on any atom is -0.325 e. The third-order valence-electron chi connectivity index (χ3n) is 6.39. The Kier molecular flexibility index (Phi) is 6.79. The van der Waals surface area contributed by atoms with Crippen molar-refractivity contribution in [3.05, 3.63) is 52.5 Å². The van der Waals surface area contributed by atoms with Gasteiger partial charge in [0.1, 0.15) is 0 Å². The van der Waals surface area contributed by atoms with E-state index in [2.05, 4.69) is 5.32 Å². The van der Waals surface area contributed by atoms with Crippen molar-refractivity contribution in [1.82, 2.24) is 4.31 Å². The molecule has 2 amide bonds. The molecule has 1 fully saturated rings. The van der Waals surface area contributed by atoms with Gasteiger partial charge in [0.05, 0.1) is 15.6 Å². The van der Waals surface area contributed by atoms with Gasteiger partial charge in [-0.2, -0.15) is 4.31 Å². The Bertz CT molecular complexity index is 1190. The molecule has 2 heterocycles. The molecule has 0 aliphatic carbocycles. The van der Waals surface area contributed by atoms with Crippen LogP contribution in [0.5, 0.6) is 0 Å². The topological polar surface area (TPSA) is 86.8 Å². The minimum absolute atomic E-state index is 0.0427. The lowest BCUT2D eigenvalue weighted by Gasteiger charge is -2.32. The number of anilines is 2. The van der Waals surface area contributed by atoms with E-state index in [0.29, 0.717) is 30.1 Å². The number of piperidine rings is 1. The van der Waals surface area contributed by atoms with E-state index in [1.807, 2.05) is 13.0 Å². The van der Waals surface area contributed by atoms with Gasteiger partial charge in [-0.15, -0.1) is 0 Å². The number of rotatable bonds is 4. The molecule has 0 saturated carbocycles. The van der Waals surface area contributed by atoms with Gasteiger partial charge < -0.3 is 10.2 Å². The fraction of sp³-hybridized carbons (Fsp3) is 0.417. The molecule has 1 saturated heterocycles. The van der Waals surface area contributed by atoms with Crippen molar-refractivity contribution in [2.24, 2.45) is 5.92 Å². The van der Waals surface area contributed by atoms with E-state index in [1.54, 1.807) is 35.2 Å². The fourth-order valence-electron chi connectivity index (χ4n) is 4.52. The lowest BCUT2D eigenvalue weighted by molar-refractivity contribution is -0.121. The van der Waals surface area contributed by atoms with Crippen LogP contribution in [-0.4, -0.2) is 44.2 Å². The van der Waals surface area contributed by atoms with Crippen LogP contribution in [0.2, 0.25) is 5.02 Å². The van der Waals surface area contributed by atoms with E-state index in [9.17, 15) is 18.0 Å². The monoisotopic (exact) mass is 489 g/mol. The van der Waals surface area contributed by atoms with Gasteiger partial charge in [0.15, 0.2) is 0 Å². The van der Waals surface area contributed by atoms with Crippen LogP contribution in [0.1, 0.15) is 37.3 Å². The van der Waals surface area contributed by atoms with Crippen LogP contribution in [0.15, 0.2) is 41.3 Å². The molecule has 2 aromatic carbocycles. The van der Waals surface area contributed by atoms with Gasteiger partial charge in [-0.3, -0.25) is 9.59 Å². The molecule has 2 aliphatic rings. The van der Waals surface area contributed by atoms with Crippen molar-refractivity contribution in [1.29, 1.82) is 0 Å². The Morgan fingerprint density at radius 2 is 1.79 bits per heavy atom. The normalized spacial score (nSPS) is 17.5. The van der Waals surface area contributed by atoms with Crippen LogP contribution in [0.25, 0.3) is 0 Å². The number of benzene rings is 2. The fourth-order valence-corrected chi connectivity index (χ4v) is 6.33. The van der Waals surface area contributed by atoms with E-state index in [-0.39, 0.29) is 35.7 Å². The van der Waals surface area contributed by atoms with Gasteiger partial charge in [0.25, 0.3) is 0 Å². The predicted octanol–water partition coefficient (Wildman–Crippen LogP) is 3.99. The molecule has 9 heteroatoms. The SMILES string of the molecule is CC(=O)N1CCCc2cc(S(=O)(=O)N3CCC(C(=O)Nc4ccc(C)cc4Cl)CC3)ccc21. The number of nitrogens with zero attached hydrogens (tertiary/aromatic N) is 2. The molecule has 176 valence electrons. The summed E-state index contributed by atoms with van der Waals surface area (Å²) < 4.78 is 28.0. The Hall–Kier alpha value is -2.42. The van der Waals surface area contributed by atoms with Crippen LogP contribution >= 0.6 is 11.6 Å². The summed E-state index contributed by atoms with van der Waals surface area (Å²) in [7, 11) is -3.68. The first-order valence-electron chi connectivity index (χ1n) is 11.1. The number of sulfonamides is 1. The minimum atomic E-state index is -3.68. The highest BCUT2D eigenvalue weighted by Gasteiger charge is 2.33. The molecule has 7 nitrogen and oxygen atoms in total. The number of carbonyl (C=O) groups excluding carboxylic acids is 2. The molecular weight excluding hydrogens is 462 g/mol. The maximum absolute atomic E-state index is 13.3. The summed E-state index contributed by atoms with van der Waals surface area (Å²) in [6.07, 6.45) is 2.43. The van der Waals surface area contributed by atoms with Crippen LogP contribution in [0.4, 0.5) is 11.4 Å². The molecule has 0 bridgehead atoms. The second kappa shape index (κ2) is 9.44. The first-order chi connectivity index (χ1) is 15.7. The molecule has 1 N–H and O–H groups in total. The highest BCUT2D eigenvalue weighted by atomic mass is 35.5. The summed E-state index contributed by atoms with van der Waals surface area (Å²) in [4.78, 5) is 26.5. The molecule has 2 aromatic rings.